The lowest BCUT2D eigenvalue weighted by Gasteiger charge is -2.39. The number of aliphatic hydroxyl groups excluding tert-OH is 1. The van der Waals surface area contributed by atoms with Gasteiger partial charge in [0.15, 0.2) is 5.60 Å². The normalized spacial score (nSPS) is 23.4. The molecule has 4 aliphatic heterocycles. The minimum absolute atomic E-state index is 0.00786. The Morgan fingerprint density at radius 1 is 0.951 bits per heavy atom. The number of aromatic nitrogens is 3. The Morgan fingerprint density at radius 2 is 1.70 bits per heavy atom. The number of piperidine rings is 1. The first kappa shape index (κ1) is 41.5. The smallest absolute Gasteiger partial charge is 0.264 e. The fraction of sp³-hybridized carbons (Fsp3) is 0.404. The summed E-state index contributed by atoms with van der Waals surface area (Å²) in [5, 5.41) is 22.8. The Labute approximate surface area is 367 Å². The molecular formula is C47H54BrN7O5Si. The van der Waals surface area contributed by atoms with Gasteiger partial charge in [-0.05, 0) is 98.1 Å². The van der Waals surface area contributed by atoms with Gasteiger partial charge in [0.25, 0.3) is 11.8 Å². The average molecular weight is 905 g/mol. The summed E-state index contributed by atoms with van der Waals surface area (Å²) in [6, 6.07) is 32.9. The van der Waals surface area contributed by atoms with E-state index in [-0.39, 0.29) is 36.0 Å². The number of benzene rings is 4. The van der Waals surface area contributed by atoms with Gasteiger partial charge in [-0.1, -0.05) is 88.8 Å². The Morgan fingerprint density at radius 3 is 2.44 bits per heavy atom. The highest BCUT2D eigenvalue weighted by Gasteiger charge is 2.66. The molecule has 2 spiro atoms. The number of aryl methyl sites for hydroxylation is 1. The monoisotopic (exact) mass is 903 g/mol. The van der Waals surface area contributed by atoms with Gasteiger partial charge in [-0.25, -0.2) is 0 Å². The van der Waals surface area contributed by atoms with Crippen molar-refractivity contribution in [2.45, 2.75) is 81.6 Å². The molecule has 14 heteroatoms. The van der Waals surface area contributed by atoms with Gasteiger partial charge in [0.2, 0.25) is 0 Å². The van der Waals surface area contributed by atoms with Crippen molar-refractivity contribution in [1.82, 2.24) is 20.3 Å². The number of amides is 2. The number of carbonyl (C=O) groups is 2. The molecule has 9 rings (SSSR count). The Kier molecular flexibility index (Phi) is 11.2. The van der Waals surface area contributed by atoms with E-state index < -0.39 is 19.2 Å². The van der Waals surface area contributed by atoms with E-state index in [0.29, 0.717) is 32.6 Å². The van der Waals surface area contributed by atoms with Gasteiger partial charge in [0.1, 0.15) is 11.3 Å². The first-order valence-corrected chi connectivity index (χ1v) is 25.3. The molecule has 0 saturated carbocycles. The topological polar surface area (TPSA) is 125 Å². The third-order valence-corrected chi connectivity index (χ3v) is 18.8. The molecule has 3 fully saturated rings. The quantitative estimate of drug-likeness (QED) is 0.138. The zero-order valence-corrected chi connectivity index (χ0v) is 37.8. The zero-order chi connectivity index (χ0) is 42.5. The standard InChI is InChI=1S/C47H54BrN7O5Si/c1-32-43(61(3,4)39-16-14-38(59-2)15-17-39)42(19-25-52-30-35(20-26-56)50-51-52)60-47(32)40-28-34(48)13-18-41(40)53(45(47)58)29-33-9-8-12-37(27-33)54-31-55(36-10-6-5-7-11-36)46(44(54)57)21-23-49-24-22-46/h5-18,27-28,30,32,42-43,49,56H,19-26,29,31H2,1-4H3/t32-,42+,43-,47+/m0/s1. The third-order valence-electron chi connectivity index (χ3n) is 13.9. The molecule has 12 nitrogen and oxygen atoms in total. The highest BCUT2D eigenvalue weighted by atomic mass is 79.9. The Hall–Kier alpha value is -4.86. The maximum atomic E-state index is 15.6. The Balaban J connectivity index is 1.05. The summed E-state index contributed by atoms with van der Waals surface area (Å²) < 4.78 is 15.6. The van der Waals surface area contributed by atoms with E-state index in [1.54, 1.807) is 7.11 Å². The summed E-state index contributed by atoms with van der Waals surface area (Å²) in [6.45, 7) is 9.88. The molecule has 5 aromatic rings. The average Bonchev–Trinajstić information content (AvgIpc) is 3.99. The van der Waals surface area contributed by atoms with E-state index in [0.717, 1.165) is 70.0 Å². The first-order valence-electron chi connectivity index (χ1n) is 21.4. The largest absolute Gasteiger partial charge is 0.497 e. The van der Waals surface area contributed by atoms with Gasteiger partial charge >= 0.3 is 0 Å². The molecule has 318 valence electrons. The molecule has 0 aliphatic carbocycles. The van der Waals surface area contributed by atoms with Crippen LogP contribution in [0.1, 0.15) is 43.0 Å². The molecule has 4 aliphatic rings. The lowest BCUT2D eigenvalue weighted by Crippen LogP contribution is -2.55. The molecule has 0 bridgehead atoms. The van der Waals surface area contributed by atoms with Crippen LogP contribution in [-0.2, 0) is 39.4 Å². The summed E-state index contributed by atoms with van der Waals surface area (Å²) >= 11 is 3.75. The van der Waals surface area contributed by atoms with Crippen LogP contribution in [-0.4, -0.2) is 85.1 Å². The summed E-state index contributed by atoms with van der Waals surface area (Å²) in [6.07, 6.45) is 4.16. The number of nitrogens with one attached hydrogen (secondary N) is 1. The SMILES string of the molecule is COc1ccc([Si](C)(C)[C@@H]2[C@@H](CCn3cc(CCO)nn3)O[C@]3(C(=O)N(Cc4cccc(N5CN(c6ccccc6)C6(CCNCC6)C5=O)c4)c4ccc(Br)cc43)[C@H]2C)cc1. The minimum atomic E-state index is -2.37. The number of anilines is 3. The van der Waals surface area contributed by atoms with Gasteiger partial charge in [0.05, 0.1) is 45.9 Å². The molecule has 0 radical (unpaired) electrons. The molecule has 61 heavy (non-hydrogen) atoms. The number of hydrogen-bond acceptors (Lipinski definition) is 9. The molecule has 1 aromatic heterocycles. The number of nitrogens with zero attached hydrogens (tertiary/aromatic N) is 6. The van der Waals surface area contributed by atoms with E-state index in [1.807, 2.05) is 81.3 Å². The van der Waals surface area contributed by atoms with Crippen molar-refractivity contribution < 1.29 is 24.2 Å². The van der Waals surface area contributed by atoms with Crippen LogP contribution in [0.3, 0.4) is 0 Å². The number of carbonyl (C=O) groups excluding carboxylic acids is 2. The number of ether oxygens (including phenoxy) is 2. The predicted octanol–water partition coefficient (Wildman–Crippen LogP) is 6.37. The van der Waals surface area contributed by atoms with Crippen LogP contribution in [0.25, 0.3) is 0 Å². The first-order chi connectivity index (χ1) is 29.5. The second kappa shape index (κ2) is 16.4. The fourth-order valence-electron chi connectivity index (χ4n) is 10.8. The lowest BCUT2D eigenvalue weighted by molar-refractivity contribution is -0.146. The molecule has 2 N–H and O–H groups in total. The van der Waals surface area contributed by atoms with Gasteiger partial charge in [-0.3, -0.25) is 19.2 Å². The zero-order valence-electron chi connectivity index (χ0n) is 35.3. The van der Waals surface area contributed by atoms with Crippen LogP contribution >= 0.6 is 15.9 Å². The fourth-order valence-corrected chi connectivity index (χ4v) is 15.2. The second-order valence-electron chi connectivity index (χ2n) is 17.5. The maximum absolute atomic E-state index is 15.6. The van der Waals surface area contributed by atoms with Crippen LogP contribution in [0.5, 0.6) is 5.75 Å². The molecule has 4 atom stereocenters. The molecule has 4 aromatic carbocycles. The van der Waals surface area contributed by atoms with Gasteiger partial charge in [0, 0.05) is 53.1 Å². The highest BCUT2D eigenvalue weighted by molar-refractivity contribution is 9.10. The van der Waals surface area contributed by atoms with E-state index in [1.165, 1.54) is 5.19 Å². The summed E-state index contributed by atoms with van der Waals surface area (Å²) in [7, 11) is -0.691. The third kappa shape index (κ3) is 7.09. The molecule has 3 saturated heterocycles. The second-order valence-corrected chi connectivity index (χ2v) is 23.1. The van der Waals surface area contributed by atoms with Crippen LogP contribution in [0, 0.1) is 5.92 Å². The van der Waals surface area contributed by atoms with Crippen LogP contribution in [0.4, 0.5) is 17.1 Å². The number of hydrogen-bond donors (Lipinski definition) is 2. The van der Waals surface area contributed by atoms with Crippen molar-refractivity contribution in [2.75, 3.05) is 48.2 Å². The number of fused-ring (bicyclic) bond motifs is 2. The lowest BCUT2D eigenvalue weighted by atomic mass is 9.82. The van der Waals surface area contributed by atoms with Crippen LogP contribution in [0.2, 0.25) is 18.6 Å². The van der Waals surface area contributed by atoms with E-state index >= 15 is 4.79 Å². The van der Waals surface area contributed by atoms with Crippen molar-refractivity contribution in [3.05, 3.63) is 125 Å². The van der Waals surface area contributed by atoms with Gasteiger partial charge in [-0.15, -0.1) is 5.10 Å². The maximum Gasteiger partial charge on any atom is 0.264 e. The number of rotatable bonds is 12. The van der Waals surface area contributed by atoms with Gasteiger partial charge in [-0.2, -0.15) is 0 Å². The van der Waals surface area contributed by atoms with Crippen molar-refractivity contribution in [2.24, 2.45) is 5.92 Å². The van der Waals surface area contributed by atoms with E-state index in [2.05, 4.69) is 92.9 Å². The van der Waals surface area contributed by atoms with Crippen molar-refractivity contribution in [3.63, 3.8) is 0 Å². The van der Waals surface area contributed by atoms with Crippen LogP contribution < -0.4 is 29.9 Å². The number of para-hydroxylation sites is 1. The Bertz CT molecular complexity index is 2410. The molecule has 2 amide bonds. The predicted molar refractivity (Wildman–Crippen MR) is 243 cm³/mol. The minimum Gasteiger partial charge on any atom is -0.497 e. The number of aliphatic hydroxyl groups is 1. The number of methoxy groups -OCH3 is 1. The summed E-state index contributed by atoms with van der Waals surface area (Å²) in [4.78, 5) is 36.2. The molecular weight excluding hydrogens is 851 g/mol. The van der Waals surface area contributed by atoms with Crippen molar-refractivity contribution in [3.8, 4) is 5.75 Å². The summed E-state index contributed by atoms with van der Waals surface area (Å²) in [5.41, 5.74) is 3.44. The van der Waals surface area contributed by atoms with Crippen LogP contribution in [0.15, 0.2) is 108 Å². The van der Waals surface area contributed by atoms with E-state index in [4.69, 9.17) is 9.47 Å². The molecule has 5 heterocycles. The summed E-state index contributed by atoms with van der Waals surface area (Å²) in [5.74, 6) is 0.676. The van der Waals surface area contributed by atoms with E-state index in [9.17, 15) is 9.90 Å². The highest BCUT2D eigenvalue weighted by Crippen LogP contribution is 2.60. The van der Waals surface area contributed by atoms with Gasteiger partial charge < -0.3 is 29.7 Å². The number of halogens is 1. The van der Waals surface area contributed by atoms with Crippen molar-refractivity contribution >= 4 is 58.1 Å². The van der Waals surface area contributed by atoms with Crippen molar-refractivity contribution in [1.29, 1.82) is 0 Å². The molecule has 0 unspecified atom stereocenters.